The second kappa shape index (κ2) is 4.48. The van der Waals surface area contributed by atoms with Gasteiger partial charge in [0, 0.05) is 7.05 Å². The monoisotopic (exact) mass is 306 g/mol. The van der Waals surface area contributed by atoms with Gasteiger partial charge in [0.2, 0.25) is 5.95 Å². The summed E-state index contributed by atoms with van der Waals surface area (Å²) in [6.07, 6.45) is 0. The highest BCUT2D eigenvalue weighted by molar-refractivity contribution is 7.93. The van der Waals surface area contributed by atoms with Crippen LogP contribution >= 0.6 is 0 Å². The van der Waals surface area contributed by atoms with E-state index in [1.54, 1.807) is 20.0 Å². The quantitative estimate of drug-likeness (QED) is 0.666. The highest BCUT2D eigenvalue weighted by Crippen LogP contribution is 2.24. The first kappa shape index (κ1) is 13.4. The number of nitrogens with zero attached hydrogens (tertiary/aromatic N) is 3. The summed E-state index contributed by atoms with van der Waals surface area (Å²) in [6.45, 7) is 1.64. The van der Waals surface area contributed by atoms with E-state index in [-0.39, 0.29) is 16.7 Å². The Labute approximate surface area is 121 Å². The SMILES string of the molecule is Cc1c(S(=O)(=O)Nc2nc3ccccc3[nH]2)c(N)nn1C. The summed E-state index contributed by atoms with van der Waals surface area (Å²) in [4.78, 5) is 7.04. The number of nitrogen functional groups attached to an aromatic ring is 1. The van der Waals surface area contributed by atoms with Gasteiger partial charge < -0.3 is 10.7 Å². The fourth-order valence-corrected chi connectivity index (χ4v) is 3.42. The van der Waals surface area contributed by atoms with Gasteiger partial charge in [-0.25, -0.2) is 18.1 Å². The number of aryl methyl sites for hydroxylation is 1. The van der Waals surface area contributed by atoms with Gasteiger partial charge in [0.1, 0.15) is 0 Å². The lowest BCUT2D eigenvalue weighted by molar-refractivity contribution is 0.600. The number of nitrogens with one attached hydrogen (secondary N) is 2. The Morgan fingerprint density at radius 3 is 2.67 bits per heavy atom. The van der Waals surface area contributed by atoms with Gasteiger partial charge in [0.15, 0.2) is 10.7 Å². The molecule has 0 saturated carbocycles. The molecule has 0 aliphatic rings. The van der Waals surface area contributed by atoms with Crippen LogP contribution in [0.3, 0.4) is 0 Å². The van der Waals surface area contributed by atoms with Crippen molar-refractivity contribution in [2.24, 2.45) is 7.05 Å². The molecule has 3 aromatic rings. The first-order valence-corrected chi connectivity index (χ1v) is 7.63. The van der Waals surface area contributed by atoms with Crippen molar-refractivity contribution in [2.45, 2.75) is 11.8 Å². The molecule has 1 aromatic carbocycles. The number of rotatable bonds is 3. The van der Waals surface area contributed by atoms with Gasteiger partial charge in [-0.3, -0.25) is 4.68 Å². The molecule has 8 nitrogen and oxygen atoms in total. The van der Waals surface area contributed by atoms with Crippen LogP contribution < -0.4 is 10.5 Å². The zero-order valence-corrected chi connectivity index (χ0v) is 12.3. The van der Waals surface area contributed by atoms with Crippen molar-refractivity contribution in [3.63, 3.8) is 0 Å². The number of sulfonamides is 1. The van der Waals surface area contributed by atoms with E-state index in [9.17, 15) is 8.42 Å². The summed E-state index contributed by atoms with van der Waals surface area (Å²) in [5.41, 5.74) is 7.54. The molecule has 0 saturated heterocycles. The molecule has 0 aliphatic heterocycles. The van der Waals surface area contributed by atoms with Crippen molar-refractivity contribution in [1.82, 2.24) is 19.7 Å². The van der Waals surface area contributed by atoms with E-state index < -0.39 is 10.0 Å². The van der Waals surface area contributed by atoms with Crippen LogP contribution in [0.4, 0.5) is 11.8 Å². The molecule has 0 unspecified atom stereocenters. The Hall–Kier alpha value is -2.55. The molecule has 0 radical (unpaired) electrons. The molecule has 21 heavy (non-hydrogen) atoms. The predicted molar refractivity (Wildman–Crippen MR) is 79.3 cm³/mol. The molecule has 0 amide bonds. The van der Waals surface area contributed by atoms with Gasteiger partial charge in [-0.2, -0.15) is 5.10 Å². The average molecular weight is 306 g/mol. The third kappa shape index (κ3) is 2.21. The number of aromatic amines is 1. The summed E-state index contributed by atoms with van der Waals surface area (Å²) in [6, 6.07) is 7.25. The van der Waals surface area contributed by atoms with Crippen LogP contribution in [0.5, 0.6) is 0 Å². The van der Waals surface area contributed by atoms with Crippen LogP contribution in [-0.4, -0.2) is 28.2 Å². The second-order valence-corrected chi connectivity index (χ2v) is 6.25. The number of hydrogen-bond acceptors (Lipinski definition) is 5. The molecule has 4 N–H and O–H groups in total. The fraction of sp³-hybridized carbons (Fsp3) is 0.167. The molecular weight excluding hydrogens is 292 g/mol. The number of fused-ring (bicyclic) bond motifs is 1. The third-order valence-electron chi connectivity index (χ3n) is 3.19. The van der Waals surface area contributed by atoms with Crippen LogP contribution in [0, 0.1) is 6.92 Å². The van der Waals surface area contributed by atoms with E-state index in [1.165, 1.54) is 4.68 Å². The summed E-state index contributed by atoms with van der Waals surface area (Å²) in [7, 11) is -2.22. The molecular formula is C12H14N6O2S. The summed E-state index contributed by atoms with van der Waals surface area (Å²) in [5, 5.41) is 3.91. The Morgan fingerprint density at radius 1 is 1.33 bits per heavy atom. The molecule has 0 bridgehead atoms. The molecule has 2 aromatic heterocycles. The Balaban J connectivity index is 2.03. The van der Waals surface area contributed by atoms with Crippen LogP contribution in [0.2, 0.25) is 0 Å². The van der Waals surface area contributed by atoms with E-state index in [0.717, 1.165) is 5.52 Å². The average Bonchev–Trinajstić information content (AvgIpc) is 2.89. The van der Waals surface area contributed by atoms with Gasteiger partial charge in [-0.15, -0.1) is 0 Å². The van der Waals surface area contributed by atoms with Gasteiger partial charge in [0.25, 0.3) is 10.0 Å². The van der Waals surface area contributed by atoms with Gasteiger partial charge in [-0.1, -0.05) is 12.1 Å². The molecule has 9 heteroatoms. The van der Waals surface area contributed by atoms with Gasteiger partial charge in [0.05, 0.1) is 16.7 Å². The molecule has 0 fully saturated rings. The van der Waals surface area contributed by atoms with Crippen LogP contribution in [0.1, 0.15) is 5.69 Å². The van der Waals surface area contributed by atoms with Crippen molar-refractivity contribution in [2.75, 3.05) is 10.5 Å². The maximum absolute atomic E-state index is 12.4. The van der Waals surface area contributed by atoms with E-state index in [4.69, 9.17) is 5.73 Å². The van der Waals surface area contributed by atoms with Crippen LogP contribution in [-0.2, 0) is 17.1 Å². The first-order valence-electron chi connectivity index (χ1n) is 6.15. The minimum atomic E-state index is -3.85. The zero-order chi connectivity index (χ0) is 15.2. The number of hydrogen-bond donors (Lipinski definition) is 3. The summed E-state index contributed by atoms with van der Waals surface area (Å²) < 4.78 is 28.7. The zero-order valence-electron chi connectivity index (χ0n) is 11.5. The molecule has 2 heterocycles. The number of aromatic nitrogens is 4. The number of H-pyrrole nitrogens is 1. The predicted octanol–water partition coefficient (Wildman–Crippen LogP) is 0.988. The maximum atomic E-state index is 12.4. The first-order chi connectivity index (χ1) is 9.88. The Morgan fingerprint density at radius 2 is 2.05 bits per heavy atom. The highest BCUT2D eigenvalue weighted by Gasteiger charge is 2.25. The van der Waals surface area contributed by atoms with E-state index in [1.807, 2.05) is 18.2 Å². The number of anilines is 2. The lowest BCUT2D eigenvalue weighted by Crippen LogP contribution is -2.16. The Bertz CT molecular complexity index is 892. The fourth-order valence-electron chi connectivity index (χ4n) is 2.13. The van der Waals surface area contributed by atoms with Crippen LogP contribution in [0.15, 0.2) is 29.2 Å². The van der Waals surface area contributed by atoms with E-state index >= 15 is 0 Å². The second-order valence-electron chi connectivity index (χ2n) is 4.63. The third-order valence-corrected chi connectivity index (χ3v) is 4.70. The minimum Gasteiger partial charge on any atom is -0.381 e. The molecule has 0 atom stereocenters. The maximum Gasteiger partial charge on any atom is 0.269 e. The number of benzene rings is 1. The smallest absolute Gasteiger partial charge is 0.269 e. The van der Waals surface area contributed by atoms with Crippen molar-refractivity contribution in [1.29, 1.82) is 0 Å². The lowest BCUT2D eigenvalue weighted by Gasteiger charge is -2.05. The number of para-hydroxylation sites is 2. The normalized spacial score (nSPS) is 11.9. The lowest BCUT2D eigenvalue weighted by atomic mass is 10.3. The summed E-state index contributed by atoms with van der Waals surface area (Å²) in [5.74, 6) is 0.0949. The van der Waals surface area contributed by atoms with Crippen molar-refractivity contribution in [3.05, 3.63) is 30.0 Å². The molecule has 0 spiro atoms. The van der Waals surface area contributed by atoms with Crippen molar-refractivity contribution in [3.8, 4) is 0 Å². The number of imidazole rings is 1. The minimum absolute atomic E-state index is 0.0366. The van der Waals surface area contributed by atoms with E-state index in [0.29, 0.717) is 11.2 Å². The standard InChI is InChI=1S/C12H14N6O2S/c1-7-10(11(13)16-18(7)2)21(19,20)17-12-14-8-5-3-4-6-9(8)15-12/h3-6H,1-2H3,(H2,13,16)(H2,14,15,17). The molecule has 0 aliphatic carbocycles. The molecule has 3 rings (SSSR count). The topological polar surface area (TPSA) is 119 Å². The highest BCUT2D eigenvalue weighted by atomic mass is 32.2. The van der Waals surface area contributed by atoms with Crippen LogP contribution in [0.25, 0.3) is 11.0 Å². The van der Waals surface area contributed by atoms with Gasteiger partial charge in [-0.05, 0) is 19.1 Å². The largest absolute Gasteiger partial charge is 0.381 e. The Kier molecular flexibility index (Phi) is 2.87. The summed E-state index contributed by atoms with van der Waals surface area (Å²) >= 11 is 0. The van der Waals surface area contributed by atoms with Crippen molar-refractivity contribution >= 4 is 32.8 Å². The van der Waals surface area contributed by atoms with E-state index in [2.05, 4.69) is 19.8 Å². The molecule has 110 valence electrons. The van der Waals surface area contributed by atoms with Gasteiger partial charge >= 0.3 is 0 Å². The van der Waals surface area contributed by atoms with Crippen molar-refractivity contribution < 1.29 is 8.42 Å². The number of nitrogens with two attached hydrogens (primary N) is 1.